The zero-order valence-electron chi connectivity index (χ0n) is 7.96. The summed E-state index contributed by atoms with van der Waals surface area (Å²) in [4.78, 5) is 11.0. The Morgan fingerprint density at radius 3 is 2.67 bits per heavy atom. The average molecular weight is 171 g/mol. The van der Waals surface area contributed by atoms with Gasteiger partial charge in [-0.05, 0) is 20.3 Å². The molecule has 2 unspecified atom stereocenters. The summed E-state index contributed by atoms with van der Waals surface area (Å²) in [6.45, 7) is 9.21. The largest absolute Gasteiger partial charge is 0.447 e. The van der Waals surface area contributed by atoms with Crippen molar-refractivity contribution < 1.29 is 9.53 Å². The van der Waals surface area contributed by atoms with Crippen LogP contribution in [0, 0.1) is 0 Å². The van der Waals surface area contributed by atoms with Gasteiger partial charge in [0.1, 0.15) is 6.10 Å². The van der Waals surface area contributed by atoms with Gasteiger partial charge in [0.2, 0.25) is 0 Å². The molecule has 0 rings (SSSR count). The van der Waals surface area contributed by atoms with Crippen molar-refractivity contribution in [1.82, 2.24) is 5.32 Å². The number of nitrogens with one attached hydrogen (secondary N) is 1. The van der Waals surface area contributed by atoms with E-state index in [-0.39, 0.29) is 18.2 Å². The van der Waals surface area contributed by atoms with Crippen molar-refractivity contribution in [1.29, 1.82) is 0 Å². The summed E-state index contributed by atoms with van der Waals surface area (Å²) in [6, 6.07) is -0.0402. The van der Waals surface area contributed by atoms with Crippen molar-refractivity contribution in [2.75, 3.05) is 0 Å². The Balaban J connectivity index is 3.66. The topological polar surface area (TPSA) is 38.3 Å². The summed E-state index contributed by atoms with van der Waals surface area (Å²) < 4.78 is 4.97. The van der Waals surface area contributed by atoms with Crippen molar-refractivity contribution in [3.8, 4) is 0 Å². The molecule has 0 aromatic rings. The predicted molar refractivity (Wildman–Crippen MR) is 49.0 cm³/mol. The molecule has 0 aromatic carbocycles. The van der Waals surface area contributed by atoms with Crippen LogP contribution in [0.25, 0.3) is 0 Å². The summed E-state index contributed by atoms with van der Waals surface area (Å²) in [7, 11) is 0. The van der Waals surface area contributed by atoms with Gasteiger partial charge in [0.15, 0.2) is 0 Å². The van der Waals surface area contributed by atoms with Crippen LogP contribution in [0.5, 0.6) is 0 Å². The molecule has 1 N–H and O–H groups in total. The first-order chi connectivity index (χ1) is 5.60. The smallest absolute Gasteiger partial charge is 0.407 e. The molecule has 3 nitrogen and oxygen atoms in total. The van der Waals surface area contributed by atoms with Crippen LogP contribution < -0.4 is 5.32 Å². The summed E-state index contributed by atoms with van der Waals surface area (Å²) in [5, 5.41) is 2.62. The third-order valence-electron chi connectivity index (χ3n) is 1.58. The van der Waals surface area contributed by atoms with Crippen molar-refractivity contribution in [3.05, 3.63) is 12.7 Å². The van der Waals surface area contributed by atoms with Crippen molar-refractivity contribution in [2.24, 2.45) is 0 Å². The lowest BCUT2D eigenvalue weighted by Crippen LogP contribution is -2.33. The molecule has 0 aliphatic rings. The molecule has 0 spiro atoms. The Kier molecular flexibility index (Phi) is 5.17. The van der Waals surface area contributed by atoms with Crippen LogP contribution >= 0.6 is 0 Å². The highest BCUT2D eigenvalue weighted by Crippen LogP contribution is 1.96. The molecule has 0 bridgehead atoms. The second-order valence-corrected chi connectivity index (χ2v) is 2.79. The maximum atomic E-state index is 11.0. The van der Waals surface area contributed by atoms with Crippen LogP contribution in [0.15, 0.2) is 12.7 Å². The summed E-state index contributed by atoms with van der Waals surface area (Å²) in [5.41, 5.74) is 0. The van der Waals surface area contributed by atoms with Crippen molar-refractivity contribution >= 4 is 6.09 Å². The van der Waals surface area contributed by atoms with E-state index in [1.54, 1.807) is 6.08 Å². The number of rotatable bonds is 4. The Morgan fingerprint density at radius 1 is 1.67 bits per heavy atom. The second kappa shape index (κ2) is 5.63. The molecule has 0 aliphatic carbocycles. The van der Waals surface area contributed by atoms with Gasteiger partial charge < -0.3 is 10.1 Å². The van der Waals surface area contributed by atoms with Gasteiger partial charge in [-0.3, -0.25) is 0 Å². The average Bonchev–Trinajstić information content (AvgIpc) is 2.03. The highest BCUT2D eigenvalue weighted by atomic mass is 16.6. The molecule has 0 radical (unpaired) electrons. The fourth-order valence-electron chi connectivity index (χ4n) is 0.545. The normalized spacial score (nSPS) is 14.6. The minimum absolute atomic E-state index is 0.0259. The Labute approximate surface area is 73.8 Å². The number of carbonyl (C=O) groups excluding carboxylic acids is 1. The first-order valence-corrected chi connectivity index (χ1v) is 4.19. The lowest BCUT2D eigenvalue weighted by molar-refractivity contribution is 0.103. The van der Waals surface area contributed by atoms with Crippen molar-refractivity contribution in [3.63, 3.8) is 0 Å². The molecular formula is C9H17NO2. The Bertz CT molecular complexity index is 157. The number of hydrogen-bond acceptors (Lipinski definition) is 2. The van der Waals surface area contributed by atoms with Gasteiger partial charge in [-0.1, -0.05) is 13.0 Å². The second-order valence-electron chi connectivity index (χ2n) is 2.79. The van der Waals surface area contributed by atoms with Gasteiger partial charge in [0, 0.05) is 6.04 Å². The van der Waals surface area contributed by atoms with E-state index in [1.165, 1.54) is 0 Å². The van der Waals surface area contributed by atoms with E-state index in [1.807, 2.05) is 20.8 Å². The first kappa shape index (κ1) is 11.0. The lowest BCUT2D eigenvalue weighted by atomic mass is 10.3. The highest BCUT2D eigenvalue weighted by molar-refractivity contribution is 5.67. The molecule has 3 heteroatoms. The first-order valence-electron chi connectivity index (χ1n) is 4.19. The van der Waals surface area contributed by atoms with E-state index in [0.29, 0.717) is 0 Å². The van der Waals surface area contributed by atoms with E-state index >= 15 is 0 Å². The van der Waals surface area contributed by atoms with Gasteiger partial charge in [-0.25, -0.2) is 4.79 Å². The molecule has 1 amide bonds. The van der Waals surface area contributed by atoms with Crippen LogP contribution in [0.2, 0.25) is 0 Å². The van der Waals surface area contributed by atoms with Crippen LogP contribution in [0.4, 0.5) is 4.79 Å². The van der Waals surface area contributed by atoms with Gasteiger partial charge in [-0.15, -0.1) is 6.58 Å². The zero-order valence-corrected chi connectivity index (χ0v) is 7.96. The Morgan fingerprint density at radius 2 is 2.25 bits per heavy atom. The monoisotopic (exact) mass is 171 g/mol. The number of alkyl carbamates (subject to hydrolysis) is 1. The third-order valence-corrected chi connectivity index (χ3v) is 1.58. The molecule has 0 aliphatic heterocycles. The van der Waals surface area contributed by atoms with E-state index in [2.05, 4.69) is 11.9 Å². The van der Waals surface area contributed by atoms with Crippen LogP contribution in [-0.2, 0) is 4.74 Å². The molecule has 0 saturated carbocycles. The lowest BCUT2D eigenvalue weighted by Gasteiger charge is -2.13. The molecular weight excluding hydrogens is 154 g/mol. The Hall–Kier alpha value is -0.990. The van der Waals surface area contributed by atoms with E-state index in [9.17, 15) is 4.79 Å². The summed E-state index contributed by atoms with van der Waals surface area (Å²) >= 11 is 0. The molecule has 0 aromatic heterocycles. The zero-order chi connectivity index (χ0) is 9.56. The maximum Gasteiger partial charge on any atom is 0.407 e. The van der Waals surface area contributed by atoms with Crippen molar-refractivity contribution in [2.45, 2.75) is 39.3 Å². The number of amides is 1. The number of hydrogen-bond donors (Lipinski definition) is 1. The van der Waals surface area contributed by atoms with Gasteiger partial charge >= 0.3 is 6.09 Å². The molecule has 0 saturated heterocycles. The van der Waals surface area contributed by atoms with Gasteiger partial charge in [0.05, 0.1) is 0 Å². The molecule has 0 fully saturated rings. The third kappa shape index (κ3) is 4.77. The number of carbonyl (C=O) groups is 1. The summed E-state index contributed by atoms with van der Waals surface area (Å²) in [5.74, 6) is 0. The van der Waals surface area contributed by atoms with E-state index in [4.69, 9.17) is 4.74 Å². The van der Waals surface area contributed by atoms with E-state index < -0.39 is 0 Å². The molecule has 70 valence electrons. The minimum atomic E-state index is -0.378. The van der Waals surface area contributed by atoms with Gasteiger partial charge in [0.25, 0.3) is 0 Å². The van der Waals surface area contributed by atoms with Crippen LogP contribution in [0.3, 0.4) is 0 Å². The maximum absolute atomic E-state index is 11.0. The van der Waals surface area contributed by atoms with Crippen LogP contribution in [-0.4, -0.2) is 18.2 Å². The predicted octanol–water partition coefficient (Wildman–Crippen LogP) is 2.09. The fourth-order valence-corrected chi connectivity index (χ4v) is 0.545. The van der Waals surface area contributed by atoms with Gasteiger partial charge in [-0.2, -0.15) is 0 Å². The van der Waals surface area contributed by atoms with Crippen LogP contribution in [0.1, 0.15) is 27.2 Å². The fraction of sp³-hybridized carbons (Fsp3) is 0.667. The number of ether oxygens (including phenoxy) is 1. The highest BCUT2D eigenvalue weighted by Gasteiger charge is 2.07. The summed E-state index contributed by atoms with van der Waals surface area (Å²) in [6.07, 6.45) is 2.08. The molecule has 2 atom stereocenters. The molecule has 0 heterocycles. The standard InChI is InChI=1S/C9H17NO2/c1-5-7(3)10-9(11)12-8(4)6-2/h5,7-8H,1,6H2,2-4H3,(H,10,11). The quantitative estimate of drug-likeness (QED) is 0.658. The molecule has 12 heavy (non-hydrogen) atoms. The minimum Gasteiger partial charge on any atom is -0.447 e. The van der Waals surface area contributed by atoms with E-state index in [0.717, 1.165) is 6.42 Å². The SMILES string of the molecule is C=CC(C)NC(=O)OC(C)CC.